The van der Waals surface area contributed by atoms with Gasteiger partial charge in [-0.1, -0.05) is 0 Å². The Morgan fingerprint density at radius 1 is 1.29 bits per heavy atom. The Morgan fingerprint density at radius 3 is 2.65 bits per heavy atom. The second-order valence-corrected chi connectivity index (χ2v) is 4.81. The molecular weight excluding hydrogens is 216 g/mol. The maximum absolute atomic E-state index is 8.76. The van der Waals surface area contributed by atoms with Crippen LogP contribution in [0.1, 0.15) is 18.7 Å². The Morgan fingerprint density at radius 2 is 2.06 bits per heavy atom. The summed E-state index contributed by atoms with van der Waals surface area (Å²) in [6, 6.07) is 1.95. The number of piperidine rings is 1. The molecule has 6 nitrogen and oxygen atoms in total. The third kappa shape index (κ3) is 1.83. The third-order valence-electron chi connectivity index (χ3n) is 3.77. The summed E-state index contributed by atoms with van der Waals surface area (Å²) in [5.74, 6) is 0.833. The number of nitrogens with one attached hydrogen (secondary N) is 1. The van der Waals surface area contributed by atoms with Crippen LogP contribution in [-0.4, -0.2) is 41.1 Å². The normalized spacial score (nSPS) is 21.9. The molecule has 0 aromatic carbocycles. The van der Waals surface area contributed by atoms with E-state index >= 15 is 0 Å². The summed E-state index contributed by atoms with van der Waals surface area (Å²) >= 11 is 0. The van der Waals surface area contributed by atoms with Crippen molar-refractivity contribution < 1.29 is 0 Å². The van der Waals surface area contributed by atoms with Crippen LogP contribution in [0.2, 0.25) is 0 Å². The Hall–Kier alpha value is -1.74. The highest BCUT2D eigenvalue weighted by Gasteiger charge is 2.40. The predicted octanol–water partition coefficient (Wildman–Crippen LogP) is -0.0669. The molecular formula is C11H14N6. The minimum absolute atomic E-state index is 0.195. The SMILES string of the molecule is N#Cc1ncnc(N2CCC3(CC2)CNC3)n1. The van der Waals surface area contributed by atoms with E-state index in [4.69, 9.17) is 5.26 Å². The van der Waals surface area contributed by atoms with Crippen LogP contribution in [-0.2, 0) is 0 Å². The molecule has 2 saturated heterocycles. The van der Waals surface area contributed by atoms with Gasteiger partial charge >= 0.3 is 0 Å². The average molecular weight is 230 g/mol. The molecule has 3 heterocycles. The lowest BCUT2D eigenvalue weighted by Gasteiger charge is -2.48. The van der Waals surface area contributed by atoms with Gasteiger partial charge in [0.15, 0.2) is 0 Å². The highest BCUT2D eigenvalue weighted by molar-refractivity contribution is 5.32. The molecule has 17 heavy (non-hydrogen) atoms. The minimum atomic E-state index is 0.195. The van der Waals surface area contributed by atoms with Crippen LogP contribution >= 0.6 is 0 Å². The molecule has 0 radical (unpaired) electrons. The zero-order valence-corrected chi connectivity index (χ0v) is 9.56. The molecule has 88 valence electrons. The highest BCUT2D eigenvalue weighted by atomic mass is 15.3. The summed E-state index contributed by atoms with van der Waals surface area (Å²) in [4.78, 5) is 14.2. The Bertz CT molecular complexity index is 451. The lowest BCUT2D eigenvalue weighted by Crippen LogP contribution is -2.58. The van der Waals surface area contributed by atoms with E-state index < -0.39 is 0 Å². The van der Waals surface area contributed by atoms with Crippen molar-refractivity contribution in [2.24, 2.45) is 5.41 Å². The van der Waals surface area contributed by atoms with Gasteiger partial charge < -0.3 is 10.2 Å². The van der Waals surface area contributed by atoms with Gasteiger partial charge in [0.1, 0.15) is 12.4 Å². The van der Waals surface area contributed by atoms with E-state index in [0.717, 1.165) is 26.2 Å². The van der Waals surface area contributed by atoms with E-state index in [1.54, 1.807) is 0 Å². The first kappa shape index (κ1) is 10.4. The second kappa shape index (κ2) is 3.93. The molecule has 2 aliphatic heterocycles. The molecule has 0 saturated carbocycles. The molecule has 0 unspecified atom stereocenters. The largest absolute Gasteiger partial charge is 0.341 e. The fourth-order valence-corrected chi connectivity index (χ4v) is 2.51. The lowest BCUT2D eigenvalue weighted by atomic mass is 9.73. The number of aromatic nitrogens is 3. The smallest absolute Gasteiger partial charge is 0.236 e. The van der Waals surface area contributed by atoms with Gasteiger partial charge in [0.05, 0.1) is 0 Å². The van der Waals surface area contributed by atoms with Crippen LogP contribution in [0.25, 0.3) is 0 Å². The van der Waals surface area contributed by atoms with Crippen molar-refractivity contribution in [2.75, 3.05) is 31.1 Å². The highest BCUT2D eigenvalue weighted by Crippen LogP contribution is 2.35. The first-order valence-corrected chi connectivity index (χ1v) is 5.86. The van der Waals surface area contributed by atoms with Gasteiger partial charge in [-0.25, -0.2) is 9.97 Å². The molecule has 1 aromatic heterocycles. The Labute approximate surface area is 99.7 Å². The van der Waals surface area contributed by atoms with E-state index in [1.165, 1.54) is 19.2 Å². The fraction of sp³-hybridized carbons (Fsp3) is 0.636. The molecule has 1 N–H and O–H groups in total. The van der Waals surface area contributed by atoms with Crippen LogP contribution in [0, 0.1) is 16.7 Å². The first-order valence-electron chi connectivity index (χ1n) is 5.86. The van der Waals surface area contributed by atoms with Crippen LogP contribution in [0.5, 0.6) is 0 Å². The van der Waals surface area contributed by atoms with Gasteiger partial charge in [0, 0.05) is 26.2 Å². The molecule has 0 amide bonds. The predicted molar refractivity (Wildman–Crippen MR) is 61.3 cm³/mol. The standard InChI is InChI=1S/C11H14N6/c12-5-9-14-8-15-10(16-9)17-3-1-11(2-4-17)6-13-7-11/h8,13H,1-4,6-7H2. The van der Waals surface area contributed by atoms with Crippen molar-refractivity contribution in [2.45, 2.75) is 12.8 Å². The molecule has 1 aromatic rings. The summed E-state index contributed by atoms with van der Waals surface area (Å²) in [5.41, 5.74) is 0.515. The number of anilines is 1. The second-order valence-electron chi connectivity index (χ2n) is 4.81. The van der Waals surface area contributed by atoms with Gasteiger partial charge in [0.2, 0.25) is 11.8 Å². The summed E-state index contributed by atoms with van der Waals surface area (Å²) < 4.78 is 0. The molecule has 0 bridgehead atoms. The number of hydrogen-bond donors (Lipinski definition) is 1. The van der Waals surface area contributed by atoms with Crippen molar-refractivity contribution in [3.8, 4) is 6.07 Å². The first-order chi connectivity index (χ1) is 8.31. The zero-order chi connectivity index (χ0) is 11.7. The van der Waals surface area contributed by atoms with E-state index in [-0.39, 0.29) is 5.82 Å². The Kier molecular flexibility index (Phi) is 2.41. The van der Waals surface area contributed by atoms with Crippen molar-refractivity contribution in [3.63, 3.8) is 0 Å². The summed E-state index contributed by atoms with van der Waals surface area (Å²) in [6.45, 7) is 4.22. The average Bonchev–Trinajstić information content (AvgIpc) is 2.37. The van der Waals surface area contributed by atoms with Crippen LogP contribution in [0.15, 0.2) is 6.33 Å². The molecule has 0 atom stereocenters. The van der Waals surface area contributed by atoms with Crippen LogP contribution in [0.3, 0.4) is 0 Å². The number of hydrogen-bond acceptors (Lipinski definition) is 6. The minimum Gasteiger partial charge on any atom is -0.341 e. The third-order valence-corrected chi connectivity index (χ3v) is 3.77. The van der Waals surface area contributed by atoms with Crippen molar-refractivity contribution in [3.05, 3.63) is 12.2 Å². The number of nitriles is 1. The van der Waals surface area contributed by atoms with Crippen molar-refractivity contribution >= 4 is 5.95 Å². The van der Waals surface area contributed by atoms with E-state index in [0.29, 0.717) is 11.4 Å². The maximum atomic E-state index is 8.76. The fourth-order valence-electron chi connectivity index (χ4n) is 2.51. The molecule has 2 aliphatic rings. The zero-order valence-electron chi connectivity index (χ0n) is 9.56. The monoisotopic (exact) mass is 230 g/mol. The van der Waals surface area contributed by atoms with Crippen molar-refractivity contribution in [1.29, 1.82) is 5.26 Å². The van der Waals surface area contributed by atoms with Gasteiger partial charge in [-0.3, -0.25) is 0 Å². The van der Waals surface area contributed by atoms with Crippen LogP contribution < -0.4 is 10.2 Å². The van der Waals surface area contributed by atoms with Gasteiger partial charge in [-0.15, -0.1) is 0 Å². The van der Waals surface area contributed by atoms with Gasteiger partial charge in [-0.2, -0.15) is 10.2 Å². The summed E-state index contributed by atoms with van der Waals surface area (Å²) in [5, 5.41) is 12.1. The quantitative estimate of drug-likeness (QED) is 0.728. The maximum Gasteiger partial charge on any atom is 0.236 e. The van der Waals surface area contributed by atoms with Crippen LogP contribution in [0.4, 0.5) is 5.95 Å². The molecule has 3 rings (SSSR count). The molecule has 6 heteroatoms. The summed E-state index contributed by atoms with van der Waals surface area (Å²) in [6.07, 6.45) is 3.76. The van der Waals surface area contributed by atoms with Gasteiger partial charge in [-0.05, 0) is 18.3 Å². The number of nitrogens with zero attached hydrogens (tertiary/aromatic N) is 5. The molecule has 0 aliphatic carbocycles. The number of rotatable bonds is 1. The molecule has 1 spiro atoms. The lowest BCUT2D eigenvalue weighted by molar-refractivity contribution is 0.126. The Balaban J connectivity index is 1.71. The van der Waals surface area contributed by atoms with Gasteiger partial charge in [0.25, 0.3) is 0 Å². The topological polar surface area (TPSA) is 77.7 Å². The summed E-state index contributed by atoms with van der Waals surface area (Å²) in [7, 11) is 0. The molecule has 2 fully saturated rings. The van der Waals surface area contributed by atoms with Crippen molar-refractivity contribution in [1.82, 2.24) is 20.3 Å². The van der Waals surface area contributed by atoms with E-state index in [9.17, 15) is 0 Å². The van der Waals surface area contributed by atoms with E-state index in [1.807, 2.05) is 6.07 Å². The van der Waals surface area contributed by atoms with E-state index in [2.05, 4.69) is 25.2 Å².